The molecule has 0 bridgehead atoms. The number of aromatic nitrogens is 1. The molecule has 1 unspecified atom stereocenters. The number of carbonyl (C=O) groups excluding carboxylic acids is 1. The number of halogens is 2. The number of carbonyl (C=O) groups is 1. The van der Waals surface area contributed by atoms with Crippen LogP contribution in [0.25, 0.3) is 10.6 Å². The number of amides is 1. The van der Waals surface area contributed by atoms with Crippen LogP contribution in [0.4, 0.5) is 0 Å². The molecule has 0 spiro atoms. The summed E-state index contributed by atoms with van der Waals surface area (Å²) in [6, 6.07) is 5.19. The zero-order valence-corrected chi connectivity index (χ0v) is 13.7. The van der Waals surface area contributed by atoms with Gasteiger partial charge in [0.1, 0.15) is 10.7 Å². The summed E-state index contributed by atoms with van der Waals surface area (Å²) in [5.74, 6) is 0.0284. The van der Waals surface area contributed by atoms with E-state index in [-0.39, 0.29) is 11.8 Å². The van der Waals surface area contributed by atoms with Gasteiger partial charge in [0.15, 0.2) is 0 Å². The van der Waals surface area contributed by atoms with E-state index in [4.69, 9.17) is 28.9 Å². The third kappa shape index (κ3) is 4.17. The second kappa shape index (κ2) is 7.22. The lowest BCUT2D eigenvalue weighted by Gasteiger charge is -2.08. The zero-order chi connectivity index (χ0) is 15.4. The van der Waals surface area contributed by atoms with Crippen molar-refractivity contribution >= 4 is 40.4 Å². The molecule has 21 heavy (non-hydrogen) atoms. The standard InChI is InChI=1S/C14H15Cl2N3OS/c1-8(5-17)6-18-13(20)12-7-21-14(19-12)10-3-2-9(15)4-11(10)16/h2-4,7-8H,5-6,17H2,1H3,(H,18,20). The highest BCUT2D eigenvalue weighted by atomic mass is 35.5. The quantitative estimate of drug-likeness (QED) is 0.873. The maximum atomic E-state index is 12.0. The molecule has 2 aromatic rings. The number of rotatable bonds is 5. The van der Waals surface area contributed by atoms with Gasteiger partial charge in [-0.3, -0.25) is 4.79 Å². The van der Waals surface area contributed by atoms with E-state index in [1.54, 1.807) is 23.6 Å². The third-order valence-electron chi connectivity index (χ3n) is 2.91. The maximum absolute atomic E-state index is 12.0. The Morgan fingerprint density at radius 1 is 1.48 bits per heavy atom. The van der Waals surface area contributed by atoms with Gasteiger partial charge in [0, 0.05) is 22.5 Å². The van der Waals surface area contributed by atoms with Crippen LogP contribution in [-0.2, 0) is 0 Å². The molecule has 3 N–H and O–H groups in total. The van der Waals surface area contributed by atoms with Gasteiger partial charge in [0.2, 0.25) is 0 Å². The Labute approximate surface area is 137 Å². The second-order valence-electron chi connectivity index (χ2n) is 4.71. The molecular formula is C14H15Cl2N3OS. The van der Waals surface area contributed by atoms with Gasteiger partial charge in [-0.15, -0.1) is 11.3 Å². The van der Waals surface area contributed by atoms with Crippen molar-refractivity contribution in [3.8, 4) is 10.6 Å². The van der Waals surface area contributed by atoms with E-state index in [1.165, 1.54) is 11.3 Å². The van der Waals surface area contributed by atoms with E-state index in [0.717, 1.165) is 5.56 Å². The normalized spacial score (nSPS) is 12.2. The number of nitrogens with zero attached hydrogens (tertiary/aromatic N) is 1. The highest BCUT2D eigenvalue weighted by Gasteiger charge is 2.14. The molecule has 0 saturated heterocycles. The topological polar surface area (TPSA) is 68.0 Å². The smallest absolute Gasteiger partial charge is 0.270 e. The first-order valence-corrected chi connectivity index (χ1v) is 8.04. The first-order valence-electron chi connectivity index (χ1n) is 6.40. The summed E-state index contributed by atoms with van der Waals surface area (Å²) >= 11 is 13.4. The molecule has 7 heteroatoms. The number of nitrogens with two attached hydrogens (primary N) is 1. The SMILES string of the molecule is CC(CN)CNC(=O)c1csc(-c2ccc(Cl)cc2Cl)n1. The lowest BCUT2D eigenvalue weighted by Crippen LogP contribution is -2.31. The minimum atomic E-state index is -0.206. The van der Waals surface area contributed by atoms with Gasteiger partial charge < -0.3 is 11.1 Å². The van der Waals surface area contributed by atoms with Crippen molar-refractivity contribution < 1.29 is 4.79 Å². The summed E-state index contributed by atoms with van der Waals surface area (Å²) in [7, 11) is 0. The number of benzene rings is 1. The van der Waals surface area contributed by atoms with Gasteiger partial charge in [-0.2, -0.15) is 0 Å². The molecule has 112 valence electrons. The second-order valence-corrected chi connectivity index (χ2v) is 6.41. The number of hydrogen-bond acceptors (Lipinski definition) is 4. The van der Waals surface area contributed by atoms with Crippen LogP contribution in [0.5, 0.6) is 0 Å². The molecule has 2 rings (SSSR count). The third-order valence-corrected chi connectivity index (χ3v) is 4.34. The van der Waals surface area contributed by atoms with Crippen molar-refractivity contribution in [2.45, 2.75) is 6.92 Å². The monoisotopic (exact) mass is 343 g/mol. The van der Waals surface area contributed by atoms with Crippen molar-refractivity contribution in [2.75, 3.05) is 13.1 Å². The van der Waals surface area contributed by atoms with E-state index in [9.17, 15) is 4.79 Å². The van der Waals surface area contributed by atoms with Gasteiger partial charge >= 0.3 is 0 Å². The number of thiazole rings is 1. The van der Waals surface area contributed by atoms with Gasteiger partial charge in [-0.25, -0.2) is 4.98 Å². The Hall–Kier alpha value is -1.14. The molecule has 1 atom stereocenters. The van der Waals surface area contributed by atoms with Crippen molar-refractivity contribution in [3.63, 3.8) is 0 Å². The molecule has 0 aliphatic carbocycles. The Morgan fingerprint density at radius 2 is 2.24 bits per heavy atom. The molecule has 0 fully saturated rings. The lowest BCUT2D eigenvalue weighted by molar-refractivity contribution is 0.0944. The molecule has 1 heterocycles. The summed E-state index contributed by atoms with van der Waals surface area (Å²) < 4.78 is 0. The Kier molecular flexibility index (Phi) is 5.58. The van der Waals surface area contributed by atoms with E-state index in [1.807, 2.05) is 6.92 Å². The van der Waals surface area contributed by atoms with Crippen LogP contribution in [0.15, 0.2) is 23.6 Å². The highest BCUT2D eigenvalue weighted by Crippen LogP contribution is 2.32. The zero-order valence-electron chi connectivity index (χ0n) is 11.4. The van der Waals surface area contributed by atoms with Gasteiger partial charge in [-0.1, -0.05) is 30.1 Å². The lowest BCUT2D eigenvalue weighted by atomic mass is 10.2. The van der Waals surface area contributed by atoms with Crippen molar-refractivity contribution in [3.05, 3.63) is 39.3 Å². The average molecular weight is 344 g/mol. The molecule has 1 amide bonds. The van der Waals surface area contributed by atoms with Crippen LogP contribution in [-0.4, -0.2) is 24.0 Å². The Morgan fingerprint density at radius 3 is 2.90 bits per heavy atom. The summed E-state index contributed by atoms with van der Waals surface area (Å²) in [6.07, 6.45) is 0. The van der Waals surface area contributed by atoms with Crippen LogP contribution < -0.4 is 11.1 Å². The summed E-state index contributed by atoms with van der Waals surface area (Å²) in [4.78, 5) is 16.3. The fraction of sp³-hybridized carbons (Fsp3) is 0.286. The minimum absolute atomic E-state index is 0.206. The van der Waals surface area contributed by atoms with Crippen LogP contribution in [0.1, 0.15) is 17.4 Å². The molecule has 4 nitrogen and oxygen atoms in total. The molecule has 0 saturated carbocycles. The molecule has 0 aliphatic rings. The van der Waals surface area contributed by atoms with E-state index in [0.29, 0.717) is 33.8 Å². The van der Waals surface area contributed by atoms with E-state index in [2.05, 4.69) is 10.3 Å². The van der Waals surface area contributed by atoms with Gasteiger partial charge in [0.25, 0.3) is 5.91 Å². The molecule has 1 aromatic carbocycles. The van der Waals surface area contributed by atoms with Crippen molar-refractivity contribution in [1.82, 2.24) is 10.3 Å². The first kappa shape index (κ1) is 16.2. The van der Waals surface area contributed by atoms with Crippen molar-refractivity contribution in [2.24, 2.45) is 11.7 Å². The predicted octanol–water partition coefficient (Wildman–Crippen LogP) is 3.44. The van der Waals surface area contributed by atoms with Crippen LogP contribution in [0.2, 0.25) is 10.0 Å². The van der Waals surface area contributed by atoms with Gasteiger partial charge in [-0.05, 0) is 30.7 Å². The van der Waals surface area contributed by atoms with Crippen LogP contribution in [0.3, 0.4) is 0 Å². The van der Waals surface area contributed by atoms with Gasteiger partial charge in [0.05, 0.1) is 5.02 Å². The molecule has 0 radical (unpaired) electrons. The predicted molar refractivity (Wildman–Crippen MR) is 88.1 cm³/mol. The van der Waals surface area contributed by atoms with Crippen molar-refractivity contribution in [1.29, 1.82) is 0 Å². The highest BCUT2D eigenvalue weighted by molar-refractivity contribution is 7.13. The molecule has 1 aromatic heterocycles. The fourth-order valence-electron chi connectivity index (χ4n) is 1.61. The fourth-order valence-corrected chi connectivity index (χ4v) is 3.00. The number of hydrogen-bond donors (Lipinski definition) is 2. The largest absolute Gasteiger partial charge is 0.350 e. The van der Waals surface area contributed by atoms with E-state index < -0.39 is 0 Å². The van der Waals surface area contributed by atoms with E-state index >= 15 is 0 Å². The molecule has 0 aliphatic heterocycles. The minimum Gasteiger partial charge on any atom is -0.350 e. The maximum Gasteiger partial charge on any atom is 0.270 e. The molecular weight excluding hydrogens is 329 g/mol. The average Bonchev–Trinajstić information content (AvgIpc) is 2.93. The summed E-state index contributed by atoms with van der Waals surface area (Å²) in [6.45, 7) is 3.03. The summed E-state index contributed by atoms with van der Waals surface area (Å²) in [5, 5.41) is 6.29. The number of nitrogens with one attached hydrogen (secondary N) is 1. The van der Waals surface area contributed by atoms with Crippen LogP contribution >= 0.6 is 34.5 Å². The summed E-state index contributed by atoms with van der Waals surface area (Å²) in [5.41, 5.74) is 6.66. The first-order chi connectivity index (χ1) is 10.0. The van der Waals surface area contributed by atoms with Crippen LogP contribution in [0, 0.1) is 5.92 Å². The Balaban J connectivity index is 2.12. The Bertz CT molecular complexity index is 645.